The quantitative estimate of drug-likeness (QED) is 0.309. The number of nitrogens with one attached hydrogen (secondary N) is 2. The molecule has 0 spiro atoms. The summed E-state index contributed by atoms with van der Waals surface area (Å²) in [5, 5.41) is 8.70. The molecule has 0 aliphatic heterocycles. The highest BCUT2D eigenvalue weighted by Crippen LogP contribution is 2.36. The highest BCUT2D eigenvalue weighted by atomic mass is 35.5. The first-order valence-corrected chi connectivity index (χ1v) is 12.4. The zero-order valence-electron chi connectivity index (χ0n) is 20.5. The number of halogens is 2. The van der Waals surface area contributed by atoms with Gasteiger partial charge in [0.15, 0.2) is 5.53 Å². The van der Waals surface area contributed by atoms with Gasteiger partial charge in [0.25, 0.3) is 0 Å². The Morgan fingerprint density at radius 2 is 1.85 bits per heavy atom. The van der Waals surface area contributed by atoms with E-state index in [0.29, 0.717) is 16.5 Å². The van der Waals surface area contributed by atoms with E-state index in [1.54, 1.807) is 19.2 Å². The monoisotopic (exact) mass is 497 g/mol. The largest absolute Gasteiger partial charge is 0.384 e. The van der Waals surface area contributed by atoms with E-state index < -0.39 is 5.53 Å². The molecule has 2 aromatic carbocycles. The summed E-state index contributed by atoms with van der Waals surface area (Å²) in [6.07, 6.45) is 4.97. The Balaban J connectivity index is 2.02. The van der Waals surface area contributed by atoms with Gasteiger partial charge in [0.05, 0.1) is 6.04 Å². The van der Waals surface area contributed by atoms with Crippen LogP contribution in [0.4, 0.5) is 4.39 Å². The topological polar surface area (TPSA) is 37.0 Å². The first-order valence-electron chi connectivity index (χ1n) is 11.5. The molecule has 0 fully saturated rings. The molecule has 180 valence electrons. The van der Waals surface area contributed by atoms with Crippen LogP contribution in [0.3, 0.4) is 0 Å². The summed E-state index contributed by atoms with van der Waals surface area (Å²) in [6.45, 7) is 12.7. The minimum atomic E-state index is -1.73. The molecular formula is C28H34ClFN3P. The van der Waals surface area contributed by atoms with Crippen molar-refractivity contribution in [2.45, 2.75) is 45.7 Å². The lowest BCUT2D eigenvalue weighted by molar-refractivity contribution is 0.250. The van der Waals surface area contributed by atoms with Gasteiger partial charge >= 0.3 is 0 Å². The molecule has 34 heavy (non-hydrogen) atoms. The van der Waals surface area contributed by atoms with Gasteiger partial charge in [0, 0.05) is 39.5 Å². The van der Waals surface area contributed by atoms with Crippen LogP contribution in [0.15, 0.2) is 48.7 Å². The number of nitrogens with zero attached hydrogens (tertiary/aromatic N) is 1. The summed E-state index contributed by atoms with van der Waals surface area (Å²) in [4.78, 5) is 4.48. The Morgan fingerprint density at radius 1 is 1.15 bits per heavy atom. The average Bonchev–Trinajstić information content (AvgIpc) is 2.79. The van der Waals surface area contributed by atoms with Gasteiger partial charge in [-0.2, -0.15) is 0 Å². The molecule has 0 radical (unpaired) electrons. The Bertz CT molecular complexity index is 1260. The van der Waals surface area contributed by atoms with Crippen LogP contribution in [0.2, 0.25) is 5.02 Å². The predicted octanol–water partition coefficient (Wildman–Crippen LogP) is 5.72. The maximum absolute atomic E-state index is 14.7. The summed E-state index contributed by atoms with van der Waals surface area (Å²) in [5.41, 5.74) is 3.80. The van der Waals surface area contributed by atoms with Crippen molar-refractivity contribution in [1.82, 2.24) is 15.6 Å². The second-order valence-corrected chi connectivity index (χ2v) is 10.4. The van der Waals surface area contributed by atoms with E-state index in [1.807, 2.05) is 43.6 Å². The molecular weight excluding hydrogens is 464 g/mol. The molecule has 1 heterocycles. The van der Waals surface area contributed by atoms with Gasteiger partial charge in [-0.25, -0.2) is 4.39 Å². The van der Waals surface area contributed by atoms with E-state index in [2.05, 4.69) is 58.3 Å². The third kappa shape index (κ3) is 6.05. The van der Waals surface area contributed by atoms with E-state index in [-0.39, 0.29) is 6.04 Å². The number of alkyl halides is 1. The first kappa shape index (κ1) is 26.3. The minimum absolute atomic E-state index is 0.139. The van der Waals surface area contributed by atoms with E-state index in [0.717, 1.165) is 44.8 Å². The number of pyridine rings is 1. The zero-order chi connectivity index (χ0) is 25.0. The lowest BCUT2D eigenvalue weighted by Gasteiger charge is -2.21. The van der Waals surface area contributed by atoms with E-state index in [4.69, 9.17) is 11.6 Å². The zero-order valence-corrected chi connectivity index (χ0v) is 22.5. The molecule has 0 bridgehead atoms. The molecule has 0 amide bonds. The highest BCUT2D eigenvalue weighted by Gasteiger charge is 2.24. The van der Waals surface area contributed by atoms with Gasteiger partial charge in [-0.15, -0.1) is 0 Å². The van der Waals surface area contributed by atoms with Crippen molar-refractivity contribution in [3.63, 3.8) is 0 Å². The number of hydrogen-bond acceptors (Lipinski definition) is 3. The molecule has 2 N–H and O–H groups in total. The van der Waals surface area contributed by atoms with Crippen molar-refractivity contribution >= 4 is 33.6 Å². The summed E-state index contributed by atoms with van der Waals surface area (Å²) >= 11 is 6.62. The van der Waals surface area contributed by atoms with Gasteiger partial charge in [0.1, 0.15) is 0 Å². The molecule has 0 aliphatic carbocycles. The van der Waals surface area contributed by atoms with Crippen molar-refractivity contribution in [3.8, 4) is 11.1 Å². The van der Waals surface area contributed by atoms with Crippen LogP contribution in [0.5, 0.6) is 0 Å². The summed E-state index contributed by atoms with van der Waals surface area (Å²) < 4.78 is 14.7. The first-order chi connectivity index (χ1) is 16.0. The Morgan fingerprint density at radius 3 is 2.44 bits per heavy atom. The SMILES string of the molecule is C=c1ccc(-c2ccc(C(F)(P)NC)cc2Cl)c(C)/c1=C/NC(CC(C)C)c1ccc(C)nc1. The van der Waals surface area contributed by atoms with Crippen LogP contribution >= 0.6 is 20.8 Å². The van der Waals surface area contributed by atoms with Gasteiger partial charge in [0.2, 0.25) is 0 Å². The standard InChI is InChI=1S/C28H34ClFN3P/c1-17(2)13-27(21-9-8-19(4)32-15-21)33-16-25-18(3)7-11-23(20(25)5)24-12-10-22(14-26(24)29)28(30,34)31-6/h7-12,14-17,27,31,33H,3,13,34H2,1-2,4-6H3/b25-16+. The number of aryl methyl sites for hydroxylation is 1. The van der Waals surface area contributed by atoms with Gasteiger partial charge < -0.3 is 5.32 Å². The fraction of sp³-hybridized carbons (Fsp3) is 0.321. The third-order valence-corrected chi connectivity index (χ3v) is 7.06. The molecule has 6 heteroatoms. The molecule has 1 aromatic heterocycles. The molecule has 3 unspecified atom stereocenters. The fourth-order valence-electron chi connectivity index (χ4n) is 4.02. The minimum Gasteiger partial charge on any atom is -0.384 e. The fourth-order valence-corrected chi connectivity index (χ4v) is 4.48. The maximum Gasteiger partial charge on any atom is 0.199 e. The lowest BCUT2D eigenvalue weighted by Crippen LogP contribution is -2.31. The summed E-state index contributed by atoms with van der Waals surface area (Å²) in [7, 11) is 3.75. The molecule has 3 aromatic rings. The molecule has 3 atom stereocenters. The molecule has 3 nitrogen and oxygen atoms in total. The Labute approximate surface area is 209 Å². The van der Waals surface area contributed by atoms with Crippen molar-refractivity contribution < 1.29 is 4.39 Å². The molecule has 0 saturated heterocycles. The van der Waals surface area contributed by atoms with Crippen LogP contribution in [0.25, 0.3) is 23.9 Å². The third-order valence-electron chi connectivity index (χ3n) is 6.12. The second-order valence-electron chi connectivity index (χ2n) is 9.19. The highest BCUT2D eigenvalue weighted by molar-refractivity contribution is 7.18. The predicted molar refractivity (Wildman–Crippen MR) is 147 cm³/mol. The van der Waals surface area contributed by atoms with Gasteiger partial charge in [-0.05, 0) is 67.3 Å². The summed E-state index contributed by atoms with van der Waals surface area (Å²) in [6, 6.07) is 13.6. The second kappa shape index (κ2) is 11.0. The van der Waals surface area contributed by atoms with Crippen LogP contribution in [0.1, 0.15) is 48.7 Å². The van der Waals surface area contributed by atoms with Crippen LogP contribution in [0, 0.1) is 19.8 Å². The van der Waals surface area contributed by atoms with E-state index >= 15 is 0 Å². The Kier molecular flexibility index (Phi) is 8.52. The van der Waals surface area contributed by atoms with E-state index in [9.17, 15) is 4.39 Å². The molecule has 0 saturated carbocycles. The average molecular weight is 498 g/mol. The van der Waals surface area contributed by atoms with Crippen molar-refractivity contribution in [1.29, 1.82) is 0 Å². The van der Waals surface area contributed by atoms with E-state index in [1.165, 1.54) is 0 Å². The Hall–Kier alpha value is -2.26. The number of benzene rings is 2. The lowest BCUT2D eigenvalue weighted by atomic mass is 9.96. The van der Waals surface area contributed by atoms with Crippen LogP contribution in [-0.2, 0) is 5.53 Å². The van der Waals surface area contributed by atoms with Gasteiger partial charge in [-0.3, -0.25) is 10.3 Å². The van der Waals surface area contributed by atoms with Crippen molar-refractivity contribution in [2.75, 3.05) is 7.05 Å². The number of rotatable bonds is 8. The van der Waals surface area contributed by atoms with Crippen LogP contribution in [-0.4, -0.2) is 12.0 Å². The van der Waals surface area contributed by atoms with Crippen molar-refractivity contribution in [2.24, 2.45) is 5.92 Å². The number of aromatic nitrogens is 1. The molecule has 0 aliphatic rings. The van der Waals surface area contributed by atoms with Gasteiger partial charge in [-0.1, -0.05) is 71.6 Å². The number of hydrogen-bond donors (Lipinski definition) is 2. The summed E-state index contributed by atoms with van der Waals surface area (Å²) in [5.74, 6) is 0.521. The molecule has 3 rings (SSSR count). The normalized spacial score (nSPS) is 14.8. The van der Waals surface area contributed by atoms with Crippen molar-refractivity contribution in [3.05, 3.63) is 86.5 Å². The maximum atomic E-state index is 14.7. The smallest absolute Gasteiger partial charge is 0.199 e. The van der Waals surface area contributed by atoms with Crippen LogP contribution < -0.4 is 21.1 Å².